The Hall–Kier alpha value is -4.06. The number of hydrogen-bond donors (Lipinski definition) is 1. The highest BCUT2D eigenvalue weighted by molar-refractivity contribution is 9.10. The van der Waals surface area contributed by atoms with Gasteiger partial charge in [-0.25, -0.2) is 14.6 Å². The van der Waals surface area contributed by atoms with Gasteiger partial charge in [0, 0.05) is 46.7 Å². The van der Waals surface area contributed by atoms with Crippen LogP contribution in [0.1, 0.15) is 12.0 Å². The summed E-state index contributed by atoms with van der Waals surface area (Å²) in [5, 5.41) is 9.42. The van der Waals surface area contributed by atoms with E-state index in [1.807, 2.05) is 59.4 Å². The van der Waals surface area contributed by atoms with Crippen molar-refractivity contribution in [3.05, 3.63) is 76.9 Å². The molecule has 0 amide bonds. The number of anilines is 1. The van der Waals surface area contributed by atoms with Gasteiger partial charge in [0.15, 0.2) is 17.3 Å². The summed E-state index contributed by atoms with van der Waals surface area (Å²) in [6, 6.07) is 19.8. The molecule has 2 N–H and O–H groups in total. The van der Waals surface area contributed by atoms with Crippen LogP contribution < -0.4 is 15.2 Å². The second-order valence-electron chi connectivity index (χ2n) is 10.1. The number of nitrogen functional groups attached to an aromatic ring is 1. The molecular weight excluding hydrogens is 598 g/mol. The summed E-state index contributed by atoms with van der Waals surface area (Å²) in [5.74, 6) is 2.13. The van der Waals surface area contributed by atoms with Gasteiger partial charge in [0.1, 0.15) is 11.5 Å². The van der Waals surface area contributed by atoms with E-state index in [0.717, 1.165) is 71.5 Å². The molecule has 0 saturated carbocycles. The lowest BCUT2D eigenvalue weighted by molar-refractivity contribution is 0.0357. The molecule has 216 valence electrons. The Balaban J connectivity index is 1.19. The minimum Gasteiger partial charge on any atom is -0.493 e. The molecule has 0 bridgehead atoms. The third-order valence-corrected chi connectivity index (χ3v) is 7.73. The van der Waals surface area contributed by atoms with E-state index in [1.54, 1.807) is 7.11 Å². The van der Waals surface area contributed by atoms with Gasteiger partial charge in [-0.3, -0.25) is 4.90 Å². The van der Waals surface area contributed by atoms with Gasteiger partial charge in [0.25, 0.3) is 0 Å². The number of nitrogens with zero attached hydrogens (tertiary/aromatic N) is 6. The van der Waals surface area contributed by atoms with Crippen LogP contribution in [-0.4, -0.2) is 76.4 Å². The summed E-state index contributed by atoms with van der Waals surface area (Å²) in [5.41, 5.74) is 10.8. The lowest BCUT2D eigenvalue weighted by Crippen LogP contribution is -2.37. The van der Waals surface area contributed by atoms with Crippen molar-refractivity contribution in [1.82, 2.24) is 29.9 Å². The van der Waals surface area contributed by atoms with Crippen molar-refractivity contribution >= 4 is 32.7 Å². The third-order valence-electron chi connectivity index (χ3n) is 7.20. The highest BCUT2D eigenvalue weighted by Gasteiger charge is 2.15. The molecule has 0 unspecified atom stereocenters. The van der Waals surface area contributed by atoms with E-state index < -0.39 is 0 Å². The number of hydrogen-bond acceptors (Lipinski definition) is 9. The summed E-state index contributed by atoms with van der Waals surface area (Å²) in [6.07, 6.45) is 2.84. The fourth-order valence-electron chi connectivity index (χ4n) is 4.96. The highest BCUT2D eigenvalue weighted by atomic mass is 79.9. The first-order valence-electron chi connectivity index (χ1n) is 13.9. The van der Waals surface area contributed by atoms with Gasteiger partial charge in [-0.1, -0.05) is 51.5 Å². The van der Waals surface area contributed by atoms with Gasteiger partial charge < -0.3 is 19.9 Å². The van der Waals surface area contributed by atoms with Crippen molar-refractivity contribution in [2.24, 2.45) is 0 Å². The van der Waals surface area contributed by atoms with Crippen LogP contribution in [0.2, 0.25) is 0 Å². The first-order chi connectivity index (χ1) is 20.6. The average molecular weight is 631 g/mol. The number of halogens is 1. The van der Waals surface area contributed by atoms with E-state index in [9.17, 15) is 0 Å². The maximum atomic E-state index is 6.45. The van der Waals surface area contributed by atoms with E-state index in [4.69, 9.17) is 24.9 Å². The van der Waals surface area contributed by atoms with Crippen LogP contribution in [0, 0.1) is 0 Å². The van der Waals surface area contributed by atoms with Crippen molar-refractivity contribution in [3.8, 4) is 34.1 Å². The van der Waals surface area contributed by atoms with Crippen LogP contribution in [0.4, 0.5) is 5.82 Å². The van der Waals surface area contributed by atoms with E-state index in [0.29, 0.717) is 41.8 Å². The van der Waals surface area contributed by atoms with Gasteiger partial charge >= 0.3 is 0 Å². The van der Waals surface area contributed by atoms with Crippen LogP contribution in [-0.2, 0) is 11.3 Å². The van der Waals surface area contributed by atoms with E-state index in [-0.39, 0.29) is 0 Å². The van der Waals surface area contributed by atoms with Gasteiger partial charge in [0.2, 0.25) is 0 Å². The SMILES string of the molecule is COc1cc2nc(-c3cccc(-c4cn(Cc5ccc(Br)cc5)nn4)c3)nc(N)c2cc1OCCCN1CCOCC1. The lowest BCUT2D eigenvalue weighted by atomic mass is 10.1. The standard InChI is InChI=1S/C31H32BrN7O3/c1-40-28-18-26-25(17-29(28)42-13-3-10-38-11-14-41-15-12-38)30(33)35-31(34-26)23-5-2-4-22(16-23)27-20-39(37-36-27)19-21-6-8-24(32)9-7-21/h2,4-9,16-18,20H,3,10-15,19H2,1H3,(H2,33,34,35). The molecule has 11 heteroatoms. The molecular formula is C31H32BrN7O3. The fraction of sp³-hybridized carbons (Fsp3) is 0.290. The van der Waals surface area contributed by atoms with Crippen LogP contribution in [0.25, 0.3) is 33.5 Å². The number of nitrogens with two attached hydrogens (primary N) is 1. The molecule has 0 radical (unpaired) electrons. The number of methoxy groups -OCH3 is 1. The zero-order valence-electron chi connectivity index (χ0n) is 23.4. The van der Waals surface area contributed by atoms with Gasteiger partial charge in [-0.2, -0.15) is 0 Å². The normalized spacial score (nSPS) is 13.9. The molecule has 1 fully saturated rings. The van der Waals surface area contributed by atoms with E-state index in [1.165, 1.54) is 0 Å². The quantitative estimate of drug-likeness (QED) is 0.212. The summed E-state index contributed by atoms with van der Waals surface area (Å²) >= 11 is 3.47. The molecule has 3 aromatic carbocycles. The molecule has 2 aromatic heterocycles. The molecule has 42 heavy (non-hydrogen) atoms. The molecule has 0 spiro atoms. The molecule has 3 heterocycles. The number of aromatic nitrogens is 5. The van der Waals surface area contributed by atoms with E-state index >= 15 is 0 Å². The van der Waals surface area contributed by atoms with Crippen molar-refractivity contribution in [2.75, 3.05) is 52.3 Å². The average Bonchev–Trinajstić information content (AvgIpc) is 3.49. The minimum absolute atomic E-state index is 0.377. The predicted molar refractivity (Wildman–Crippen MR) is 166 cm³/mol. The summed E-state index contributed by atoms with van der Waals surface area (Å²) in [6.45, 7) is 5.68. The number of ether oxygens (including phenoxy) is 3. The monoisotopic (exact) mass is 629 g/mol. The molecule has 0 aliphatic carbocycles. The number of benzene rings is 3. The minimum atomic E-state index is 0.377. The Bertz CT molecular complexity index is 1670. The topological polar surface area (TPSA) is 113 Å². The van der Waals surface area contributed by atoms with Crippen LogP contribution in [0.5, 0.6) is 11.5 Å². The molecule has 10 nitrogen and oxygen atoms in total. The zero-order chi connectivity index (χ0) is 28.9. The first-order valence-corrected chi connectivity index (χ1v) is 14.7. The van der Waals surface area contributed by atoms with Crippen molar-refractivity contribution in [3.63, 3.8) is 0 Å². The molecule has 1 aliphatic rings. The number of fused-ring (bicyclic) bond motifs is 1. The van der Waals surface area contributed by atoms with Gasteiger partial charge in [0.05, 0.1) is 45.2 Å². The number of rotatable bonds is 10. The summed E-state index contributed by atoms with van der Waals surface area (Å²) in [4.78, 5) is 11.8. The smallest absolute Gasteiger partial charge is 0.162 e. The molecule has 1 saturated heterocycles. The lowest BCUT2D eigenvalue weighted by Gasteiger charge is -2.26. The van der Waals surface area contributed by atoms with E-state index in [2.05, 4.69) is 48.3 Å². The van der Waals surface area contributed by atoms with Crippen molar-refractivity contribution in [1.29, 1.82) is 0 Å². The zero-order valence-corrected chi connectivity index (χ0v) is 25.0. The Morgan fingerprint density at radius 3 is 2.60 bits per heavy atom. The second kappa shape index (κ2) is 12.8. The largest absolute Gasteiger partial charge is 0.493 e. The first kappa shape index (κ1) is 28.1. The number of morpholine rings is 1. The Morgan fingerprint density at radius 2 is 1.79 bits per heavy atom. The third kappa shape index (κ3) is 6.53. The Labute approximate surface area is 252 Å². The maximum Gasteiger partial charge on any atom is 0.162 e. The van der Waals surface area contributed by atoms with Crippen LogP contribution in [0.3, 0.4) is 0 Å². The van der Waals surface area contributed by atoms with Crippen LogP contribution in [0.15, 0.2) is 71.3 Å². The van der Waals surface area contributed by atoms with Gasteiger partial charge in [-0.05, 0) is 36.2 Å². The van der Waals surface area contributed by atoms with Crippen molar-refractivity contribution < 1.29 is 14.2 Å². The molecule has 1 aliphatic heterocycles. The fourth-order valence-corrected chi connectivity index (χ4v) is 5.22. The summed E-state index contributed by atoms with van der Waals surface area (Å²) < 4.78 is 20.0. The molecule has 6 rings (SSSR count). The highest BCUT2D eigenvalue weighted by Crippen LogP contribution is 2.35. The molecule has 0 atom stereocenters. The van der Waals surface area contributed by atoms with Crippen LogP contribution >= 0.6 is 15.9 Å². The van der Waals surface area contributed by atoms with Gasteiger partial charge in [-0.15, -0.1) is 5.10 Å². The summed E-state index contributed by atoms with van der Waals surface area (Å²) in [7, 11) is 1.63. The Kier molecular flexibility index (Phi) is 8.59. The second-order valence-corrected chi connectivity index (χ2v) is 11.0. The molecule has 5 aromatic rings. The van der Waals surface area contributed by atoms with Crippen molar-refractivity contribution in [2.45, 2.75) is 13.0 Å². The maximum absolute atomic E-state index is 6.45. The Morgan fingerprint density at radius 1 is 0.976 bits per heavy atom. The predicted octanol–water partition coefficient (Wildman–Crippen LogP) is 5.06.